The monoisotopic (exact) mass is 267 g/mol. The Morgan fingerprint density at radius 1 is 1.39 bits per heavy atom. The van der Waals surface area contributed by atoms with E-state index in [2.05, 4.69) is 56.1 Å². The Labute approximate surface area is 115 Å². The fourth-order valence-corrected chi connectivity index (χ4v) is 2.58. The van der Waals surface area contributed by atoms with Crippen LogP contribution in [0.3, 0.4) is 0 Å². The van der Waals surface area contributed by atoms with Crippen molar-refractivity contribution >= 4 is 11.8 Å². The van der Waals surface area contributed by atoms with E-state index in [1.54, 1.807) is 0 Å². The highest BCUT2D eigenvalue weighted by Gasteiger charge is 2.03. The van der Waals surface area contributed by atoms with Crippen molar-refractivity contribution in [1.82, 2.24) is 15.2 Å². The lowest BCUT2D eigenvalue weighted by Crippen LogP contribution is -2.22. The van der Waals surface area contributed by atoms with Gasteiger partial charge < -0.3 is 10.2 Å². The number of rotatable bonds is 7. The third-order valence-corrected chi connectivity index (χ3v) is 3.67. The molecule has 1 heterocycles. The lowest BCUT2D eigenvalue weighted by atomic mass is 10.2. The minimum absolute atomic E-state index is 0.513. The summed E-state index contributed by atoms with van der Waals surface area (Å²) in [7, 11) is 4.20. The second-order valence-corrected chi connectivity index (χ2v) is 6.24. The molecule has 1 N–H and O–H groups in total. The van der Waals surface area contributed by atoms with Gasteiger partial charge in [-0.2, -0.15) is 0 Å². The third-order valence-electron chi connectivity index (χ3n) is 2.58. The first-order chi connectivity index (χ1) is 8.49. The van der Waals surface area contributed by atoms with E-state index < -0.39 is 0 Å². The molecular weight excluding hydrogens is 242 g/mol. The molecule has 0 aliphatic rings. The fraction of sp³-hybridized carbons (Fsp3) is 0.643. The van der Waals surface area contributed by atoms with Crippen LogP contribution in [0.25, 0.3) is 0 Å². The summed E-state index contributed by atoms with van der Waals surface area (Å²) in [6, 6.07) is 2.75. The molecule has 1 rings (SSSR count). The van der Waals surface area contributed by atoms with E-state index in [0.29, 0.717) is 6.04 Å². The van der Waals surface area contributed by atoms with Crippen LogP contribution in [-0.2, 0) is 6.54 Å². The molecule has 18 heavy (non-hydrogen) atoms. The van der Waals surface area contributed by atoms with Crippen LogP contribution >= 0.6 is 11.8 Å². The Balaban J connectivity index is 2.51. The lowest BCUT2D eigenvalue weighted by molar-refractivity contribution is 0.437. The van der Waals surface area contributed by atoms with Crippen molar-refractivity contribution in [3.63, 3.8) is 0 Å². The molecule has 0 aliphatic heterocycles. The largest absolute Gasteiger partial charge is 0.310 e. The van der Waals surface area contributed by atoms with Crippen LogP contribution in [0.15, 0.2) is 17.3 Å². The van der Waals surface area contributed by atoms with Gasteiger partial charge in [-0.05, 0) is 32.1 Å². The molecule has 0 atom stereocenters. The van der Waals surface area contributed by atoms with Gasteiger partial charge in [0, 0.05) is 31.1 Å². The highest BCUT2D eigenvalue weighted by atomic mass is 32.2. The highest BCUT2D eigenvalue weighted by molar-refractivity contribution is 7.99. The summed E-state index contributed by atoms with van der Waals surface area (Å²) < 4.78 is 0. The topological polar surface area (TPSA) is 28.2 Å². The average molecular weight is 267 g/mol. The first-order valence-electron chi connectivity index (χ1n) is 6.45. The number of aryl methyl sites for hydroxylation is 1. The second kappa shape index (κ2) is 7.77. The summed E-state index contributed by atoms with van der Waals surface area (Å²) in [6.45, 7) is 8.44. The van der Waals surface area contributed by atoms with Gasteiger partial charge in [0.1, 0.15) is 0 Å². The molecule has 1 aromatic heterocycles. The van der Waals surface area contributed by atoms with Crippen LogP contribution in [0.5, 0.6) is 0 Å². The second-order valence-electron chi connectivity index (χ2n) is 5.15. The van der Waals surface area contributed by atoms with Crippen LogP contribution in [0, 0.1) is 6.92 Å². The fourth-order valence-electron chi connectivity index (χ4n) is 1.52. The van der Waals surface area contributed by atoms with Gasteiger partial charge in [0.15, 0.2) is 0 Å². The maximum Gasteiger partial charge on any atom is 0.0989 e. The van der Waals surface area contributed by atoms with Crippen LogP contribution in [0.2, 0.25) is 0 Å². The standard InChI is InChI=1S/C14H25N3S/c1-11(2)15-9-13-8-12(3)14(16-10-13)18-7-6-17(4)5/h8,10-11,15H,6-7,9H2,1-5H3. The molecule has 0 saturated carbocycles. The zero-order valence-electron chi connectivity index (χ0n) is 12.2. The molecule has 0 radical (unpaired) electrons. The van der Waals surface area contributed by atoms with E-state index in [1.165, 1.54) is 11.1 Å². The number of hydrogen-bond acceptors (Lipinski definition) is 4. The number of pyridine rings is 1. The third kappa shape index (κ3) is 5.85. The Hall–Kier alpha value is -0.580. The van der Waals surface area contributed by atoms with E-state index in [0.717, 1.165) is 23.9 Å². The van der Waals surface area contributed by atoms with Gasteiger partial charge in [-0.1, -0.05) is 19.9 Å². The number of nitrogens with zero attached hydrogens (tertiary/aromatic N) is 2. The number of thioether (sulfide) groups is 1. The molecule has 0 fully saturated rings. The van der Waals surface area contributed by atoms with Gasteiger partial charge in [0.05, 0.1) is 5.03 Å². The van der Waals surface area contributed by atoms with Gasteiger partial charge in [0.25, 0.3) is 0 Å². The van der Waals surface area contributed by atoms with Crippen molar-refractivity contribution in [2.75, 3.05) is 26.4 Å². The van der Waals surface area contributed by atoms with E-state index >= 15 is 0 Å². The van der Waals surface area contributed by atoms with Crippen LogP contribution in [0.4, 0.5) is 0 Å². The minimum Gasteiger partial charge on any atom is -0.310 e. The van der Waals surface area contributed by atoms with Gasteiger partial charge in [-0.15, -0.1) is 11.8 Å². The first-order valence-corrected chi connectivity index (χ1v) is 7.44. The van der Waals surface area contributed by atoms with E-state index in [-0.39, 0.29) is 0 Å². The summed E-state index contributed by atoms with van der Waals surface area (Å²) in [6.07, 6.45) is 1.99. The molecule has 0 saturated heterocycles. The molecule has 0 aliphatic carbocycles. The molecule has 0 bridgehead atoms. The molecule has 0 aromatic carbocycles. The van der Waals surface area contributed by atoms with Crippen molar-refractivity contribution in [2.24, 2.45) is 0 Å². The molecule has 3 nitrogen and oxygen atoms in total. The molecular formula is C14H25N3S. The predicted octanol–water partition coefficient (Wildman–Crippen LogP) is 2.54. The Morgan fingerprint density at radius 2 is 2.11 bits per heavy atom. The van der Waals surface area contributed by atoms with Crippen molar-refractivity contribution in [2.45, 2.75) is 38.4 Å². The highest BCUT2D eigenvalue weighted by Crippen LogP contribution is 2.20. The maximum absolute atomic E-state index is 4.56. The lowest BCUT2D eigenvalue weighted by Gasteiger charge is -2.11. The maximum atomic E-state index is 4.56. The van der Waals surface area contributed by atoms with Gasteiger partial charge in [-0.3, -0.25) is 0 Å². The first kappa shape index (κ1) is 15.5. The Bertz CT molecular complexity index is 364. The summed E-state index contributed by atoms with van der Waals surface area (Å²) in [5.41, 5.74) is 2.54. The van der Waals surface area contributed by atoms with E-state index in [4.69, 9.17) is 0 Å². The number of hydrogen-bond donors (Lipinski definition) is 1. The average Bonchev–Trinajstić information content (AvgIpc) is 2.28. The zero-order chi connectivity index (χ0) is 13.5. The molecule has 0 amide bonds. The smallest absolute Gasteiger partial charge is 0.0989 e. The van der Waals surface area contributed by atoms with E-state index in [9.17, 15) is 0 Å². The van der Waals surface area contributed by atoms with Crippen molar-refractivity contribution in [1.29, 1.82) is 0 Å². The van der Waals surface area contributed by atoms with Crippen molar-refractivity contribution in [3.8, 4) is 0 Å². The Kier molecular flexibility index (Phi) is 6.68. The summed E-state index contributed by atoms with van der Waals surface area (Å²) in [4.78, 5) is 6.76. The SMILES string of the molecule is Cc1cc(CNC(C)C)cnc1SCCN(C)C. The van der Waals surface area contributed by atoms with Crippen molar-refractivity contribution in [3.05, 3.63) is 23.4 Å². The van der Waals surface area contributed by atoms with Crippen molar-refractivity contribution < 1.29 is 0 Å². The molecule has 0 unspecified atom stereocenters. The summed E-state index contributed by atoms with van der Waals surface area (Å²) in [5, 5.41) is 4.57. The molecule has 1 aromatic rings. The van der Waals surface area contributed by atoms with Crippen LogP contribution < -0.4 is 5.32 Å². The van der Waals surface area contributed by atoms with Gasteiger partial charge in [0.2, 0.25) is 0 Å². The van der Waals surface area contributed by atoms with Crippen LogP contribution in [0.1, 0.15) is 25.0 Å². The molecule has 102 valence electrons. The summed E-state index contributed by atoms with van der Waals surface area (Å²) in [5.74, 6) is 1.09. The predicted molar refractivity (Wildman–Crippen MR) is 80.2 cm³/mol. The minimum atomic E-state index is 0.513. The van der Waals surface area contributed by atoms with Gasteiger partial charge >= 0.3 is 0 Å². The quantitative estimate of drug-likeness (QED) is 0.769. The van der Waals surface area contributed by atoms with Gasteiger partial charge in [-0.25, -0.2) is 4.98 Å². The number of aromatic nitrogens is 1. The Morgan fingerprint density at radius 3 is 2.67 bits per heavy atom. The molecule has 0 spiro atoms. The van der Waals surface area contributed by atoms with Crippen LogP contribution in [-0.4, -0.2) is 42.3 Å². The van der Waals surface area contributed by atoms with E-state index in [1.807, 2.05) is 18.0 Å². The number of nitrogens with one attached hydrogen (secondary N) is 1. The zero-order valence-corrected chi connectivity index (χ0v) is 13.0. The normalized spacial score (nSPS) is 11.5. The summed E-state index contributed by atoms with van der Waals surface area (Å²) >= 11 is 1.84. The molecule has 4 heteroatoms.